The first-order valence-electron chi connectivity index (χ1n) is 14.8. The van der Waals surface area contributed by atoms with E-state index in [1.165, 1.54) is 0 Å². The van der Waals surface area contributed by atoms with E-state index < -0.39 is 29.0 Å². The zero-order chi connectivity index (χ0) is 33.8. The van der Waals surface area contributed by atoms with Gasteiger partial charge in [0.05, 0.1) is 17.3 Å². The van der Waals surface area contributed by atoms with Crippen LogP contribution in [0.5, 0.6) is 11.5 Å². The number of para-hydroxylation sites is 1. The summed E-state index contributed by atoms with van der Waals surface area (Å²) >= 11 is 0. The third-order valence-electron chi connectivity index (χ3n) is 7.99. The Morgan fingerprint density at radius 1 is 0.755 bits per heavy atom. The number of aromatic nitrogens is 4. The van der Waals surface area contributed by atoms with Gasteiger partial charge in [0, 0.05) is 40.5 Å². The Morgan fingerprint density at radius 3 is 2.16 bits per heavy atom. The van der Waals surface area contributed by atoms with Crippen LogP contribution >= 0.6 is 0 Å². The van der Waals surface area contributed by atoms with Gasteiger partial charge in [-0.15, -0.1) is 35.7 Å². The molecule has 0 atom stereocenters. The minimum Gasteiger partial charge on any atom is -0.509 e. The summed E-state index contributed by atoms with van der Waals surface area (Å²) in [5, 5.41) is 6.01. The molecule has 0 unspecified atom stereocenters. The van der Waals surface area contributed by atoms with E-state index in [9.17, 15) is 26.3 Å². The topological polar surface area (TPSA) is 44.9 Å². The number of alkyl halides is 6. The summed E-state index contributed by atoms with van der Waals surface area (Å²) in [5.74, 6) is 1.61. The van der Waals surface area contributed by atoms with Crippen LogP contribution < -0.4 is 4.74 Å². The Balaban J connectivity index is 0.00000417. The second-order valence-corrected chi connectivity index (χ2v) is 11.4. The normalized spacial score (nSPS) is 12.1. The van der Waals surface area contributed by atoms with Crippen LogP contribution in [0.2, 0.25) is 0 Å². The van der Waals surface area contributed by atoms with Crippen molar-refractivity contribution >= 4 is 21.8 Å². The van der Waals surface area contributed by atoms with Gasteiger partial charge >= 0.3 is 33.4 Å². The molecule has 0 aliphatic rings. The van der Waals surface area contributed by atoms with Gasteiger partial charge in [-0.2, -0.15) is 43.6 Å². The van der Waals surface area contributed by atoms with E-state index in [1.54, 1.807) is 30.5 Å². The largest absolute Gasteiger partial charge is 2.00 e. The second-order valence-electron chi connectivity index (χ2n) is 11.4. The summed E-state index contributed by atoms with van der Waals surface area (Å²) in [6.45, 7) is 4.22. The van der Waals surface area contributed by atoms with Crippen molar-refractivity contribution in [1.82, 2.24) is 19.3 Å². The van der Waals surface area contributed by atoms with Crippen molar-refractivity contribution < 1.29 is 52.1 Å². The van der Waals surface area contributed by atoms with Gasteiger partial charge in [-0.1, -0.05) is 43.6 Å². The Labute approximate surface area is 291 Å². The fourth-order valence-electron chi connectivity index (χ4n) is 5.75. The number of hydrogen-bond donors (Lipinski definition) is 0. The molecule has 3 heterocycles. The molecule has 12 heteroatoms. The number of halogens is 6. The molecule has 0 fully saturated rings. The maximum Gasteiger partial charge on any atom is 2.00 e. The SMILES string of the molecule is CC(C)c1ccnc(-n2c3[c-]c(Oc4[c-]c(-n5cc(-c6c(C(F)(F)F)cccc6C(F)(F)F)cn5)ccc4)ccc3c3ccccc32)c1.[Pt+2]. The van der Waals surface area contributed by atoms with E-state index in [-0.39, 0.29) is 38.1 Å². The summed E-state index contributed by atoms with van der Waals surface area (Å²) in [6, 6.07) is 28.8. The van der Waals surface area contributed by atoms with Gasteiger partial charge in [0.15, 0.2) is 0 Å². The molecule has 0 radical (unpaired) electrons. The zero-order valence-electron chi connectivity index (χ0n) is 25.7. The van der Waals surface area contributed by atoms with Gasteiger partial charge in [-0.05, 0) is 52.9 Å². The van der Waals surface area contributed by atoms with Crippen molar-refractivity contribution in [3.63, 3.8) is 0 Å². The molecule has 250 valence electrons. The van der Waals surface area contributed by atoms with Crippen molar-refractivity contribution in [2.24, 2.45) is 0 Å². The Bertz CT molecular complexity index is 2270. The number of ether oxygens (including phenoxy) is 1. The molecule has 0 aliphatic carbocycles. The standard InChI is InChI=1S/C37H24F6N4O.Pt/c1-22(2)23-15-16-44-34(17-23)47-32-12-4-3-9-28(32)29-14-13-27(19-33(29)47)48-26-8-5-7-25(18-26)46-21-24(20-45-46)35-30(36(38,39)40)10-6-11-31(35)37(41,42)43;/h3-17,20-22H,1-2H3;/q-2;+2. The first-order valence-corrected chi connectivity index (χ1v) is 14.8. The maximum absolute atomic E-state index is 13.8. The van der Waals surface area contributed by atoms with Gasteiger partial charge < -0.3 is 9.30 Å². The number of fused-ring (bicyclic) bond motifs is 3. The monoisotopic (exact) mass is 849 g/mol. The summed E-state index contributed by atoms with van der Waals surface area (Å²) in [7, 11) is 0. The van der Waals surface area contributed by atoms with E-state index in [1.807, 2.05) is 47.0 Å². The van der Waals surface area contributed by atoms with E-state index >= 15 is 0 Å². The van der Waals surface area contributed by atoms with Crippen LogP contribution in [0.15, 0.2) is 104 Å². The van der Waals surface area contributed by atoms with Crippen LogP contribution in [0.1, 0.15) is 36.5 Å². The number of pyridine rings is 1. The van der Waals surface area contributed by atoms with Crippen LogP contribution in [-0.4, -0.2) is 19.3 Å². The third kappa shape index (κ3) is 6.47. The molecule has 5 nitrogen and oxygen atoms in total. The zero-order valence-corrected chi connectivity index (χ0v) is 27.9. The molecule has 0 bridgehead atoms. The minimum absolute atomic E-state index is 0. The van der Waals surface area contributed by atoms with Crippen molar-refractivity contribution in [2.75, 3.05) is 0 Å². The minimum atomic E-state index is -5.02. The van der Waals surface area contributed by atoms with Gasteiger partial charge in [0.1, 0.15) is 5.82 Å². The van der Waals surface area contributed by atoms with E-state index in [4.69, 9.17) is 4.74 Å². The summed E-state index contributed by atoms with van der Waals surface area (Å²) < 4.78 is 92.1. The van der Waals surface area contributed by atoms with Crippen LogP contribution in [0.3, 0.4) is 0 Å². The van der Waals surface area contributed by atoms with Crippen LogP contribution in [0.4, 0.5) is 26.3 Å². The number of hydrogen-bond acceptors (Lipinski definition) is 3. The van der Waals surface area contributed by atoms with E-state index in [2.05, 4.69) is 36.1 Å². The van der Waals surface area contributed by atoms with Crippen LogP contribution in [-0.2, 0) is 33.4 Å². The molecule has 49 heavy (non-hydrogen) atoms. The molecule has 4 aromatic carbocycles. The quantitative estimate of drug-likeness (QED) is 0.124. The fourth-order valence-corrected chi connectivity index (χ4v) is 5.75. The van der Waals surface area contributed by atoms with Gasteiger partial charge in [-0.3, -0.25) is 4.68 Å². The molecular formula is C37H24F6N4OPt. The summed E-state index contributed by atoms with van der Waals surface area (Å²) in [6.07, 6.45) is -6.20. The van der Waals surface area contributed by atoms with E-state index in [0.29, 0.717) is 23.8 Å². The van der Waals surface area contributed by atoms with E-state index in [0.717, 1.165) is 56.3 Å². The Morgan fingerprint density at radius 2 is 1.45 bits per heavy atom. The molecular weight excluding hydrogens is 825 g/mol. The molecule has 0 saturated heterocycles. The van der Waals surface area contributed by atoms with Crippen molar-refractivity contribution in [2.45, 2.75) is 32.1 Å². The molecule has 0 N–H and O–H groups in total. The summed E-state index contributed by atoms with van der Waals surface area (Å²) in [4.78, 5) is 4.65. The van der Waals surface area contributed by atoms with Crippen molar-refractivity contribution in [3.8, 4) is 34.1 Å². The van der Waals surface area contributed by atoms with Crippen LogP contribution in [0, 0.1) is 12.1 Å². The first kappa shape index (κ1) is 34.0. The van der Waals surface area contributed by atoms with Crippen molar-refractivity contribution in [1.29, 1.82) is 0 Å². The molecule has 7 rings (SSSR count). The molecule has 0 spiro atoms. The summed E-state index contributed by atoms with van der Waals surface area (Å²) in [5.41, 5.74) is -1.12. The smallest absolute Gasteiger partial charge is 0.509 e. The predicted octanol–water partition coefficient (Wildman–Crippen LogP) is 10.6. The fraction of sp³-hybridized carbons (Fsp3) is 0.135. The Hall–Kier alpha value is -4.89. The molecule has 0 aliphatic heterocycles. The average molecular weight is 850 g/mol. The van der Waals surface area contributed by atoms with Crippen molar-refractivity contribution in [3.05, 3.63) is 132 Å². The maximum atomic E-state index is 13.8. The number of benzene rings is 4. The molecule has 0 saturated carbocycles. The van der Waals surface area contributed by atoms with Crippen LogP contribution in [0.25, 0.3) is 44.4 Å². The Kier molecular flexibility index (Phi) is 8.92. The number of nitrogens with zero attached hydrogens (tertiary/aromatic N) is 4. The average Bonchev–Trinajstić information content (AvgIpc) is 3.67. The third-order valence-corrected chi connectivity index (χ3v) is 7.99. The van der Waals surface area contributed by atoms with Gasteiger partial charge in [0.25, 0.3) is 0 Å². The second kappa shape index (κ2) is 12.9. The van der Waals surface area contributed by atoms with Gasteiger partial charge in [-0.25, -0.2) is 4.98 Å². The molecule has 7 aromatic rings. The molecule has 0 amide bonds. The van der Waals surface area contributed by atoms with Gasteiger partial charge in [0.2, 0.25) is 0 Å². The predicted molar refractivity (Wildman–Crippen MR) is 169 cm³/mol. The number of rotatable bonds is 6. The molecule has 3 aromatic heterocycles. The first-order chi connectivity index (χ1) is 22.9.